The van der Waals surface area contributed by atoms with Gasteiger partial charge in [0.2, 0.25) is 0 Å². The average molecular weight is 296 g/mol. The molecule has 0 aromatic carbocycles. The van der Waals surface area contributed by atoms with E-state index in [1.54, 1.807) is 0 Å². The Hall–Kier alpha value is -1.66. The van der Waals surface area contributed by atoms with Crippen molar-refractivity contribution >= 4 is 29.1 Å². The number of nitro groups is 1. The second-order valence-electron chi connectivity index (χ2n) is 3.94. The Balaban J connectivity index is 2.42. The van der Waals surface area contributed by atoms with Crippen molar-refractivity contribution in [3.63, 3.8) is 0 Å². The van der Waals surface area contributed by atoms with Crippen LogP contribution in [0.25, 0.3) is 0 Å². The monoisotopic (exact) mass is 295 g/mol. The summed E-state index contributed by atoms with van der Waals surface area (Å²) < 4.78 is 0. The SMILES string of the molecule is Cc1cc(C)nc(Sc2nc(Cl)ccc2[N+](=O)[O-])c1. The molecule has 0 fully saturated rings. The molecular formula is C12H10ClN3O2S. The molecule has 0 N–H and O–H groups in total. The molecule has 2 rings (SSSR count). The third-order valence-electron chi connectivity index (χ3n) is 2.28. The van der Waals surface area contributed by atoms with Crippen molar-refractivity contribution in [3.05, 3.63) is 50.8 Å². The highest BCUT2D eigenvalue weighted by Gasteiger charge is 2.17. The lowest BCUT2D eigenvalue weighted by Gasteiger charge is -2.04. The number of hydrogen-bond acceptors (Lipinski definition) is 5. The van der Waals surface area contributed by atoms with E-state index < -0.39 is 4.92 Å². The first kappa shape index (κ1) is 13.8. The van der Waals surface area contributed by atoms with Crippen LogP contribution in [0.1, 0.15) is 11.3 Å². The summed E-state index contributed by atoms with van der Waals surface area (Å²) >= 11 is 6.92. The maximum atomic E-state index is 10.9. The topological polar surface area (TPSA) is 68.9 Å². The second kappa shape index (κ2) is 5.54. The van der Waals surface area contributed by atoms with Crippen molar-refractivity contribution in [3.8, 4) is 0 Å². The Morgan fingerprint density at radius 1 is 1.26 bits per heavy atom. The lowest BCUT2D eigenvalue weighted by Crippen LogP contribution is -1.94. The molecule has 0 unspecified atom stereocenters. The maximum Gasteiger partial charge on any atom is 0.301 e. The summed E-state index contributed by atoms with van der Waals surface area (Å²) in [5.41, 5.74) is 1.82. The number of halogens is 1. The molecule has 98 valence electrons. The van der Waals surface area contributed by atoms with Crippen LogP contribution in [0.2, 0.25) is 5.15 Å². The number of aryl methyl sites for hydroxylation is 2. The highest BCUT2D eigenvalue weighted by molar-refractivity contribution is 7.99. The molecule has 0 saturated heterocycles. The fourth-order valence-electron chi connectivity index (χ4n) is 1.58. The van der Waals surface area contributed by atoms with Gasteiger partial charge in [-0.15, -0.1) is 0 Å². The van der Waals surface area contributed by atoms with Gasteiger partial charge in [0.05, 0.1) is 4.92 Å². The first-order valence-corrected chi connectivity index (χ1v) is 6.59. The van der Waals surface area contributed by atoms with E-state index in [-0.39, 0.29) is 15.9 Å². The zero-order valence-corrected chi connectivity index (χ0v) is 11.8. The molecule has 5 nitrogen and oxygen atoms in total. The van der Waals surface area contributed by atoms with E-state index in [2.05, 4.69) is 9.97 Å². The van der Waals surface area contributed by atoms with Gasteiger partial charge in [-0.3, -0.25) is 10.1 Å². The molecule has 0 amide bonds. The van der Waals surface area contributed by atoms with E-state index >= 15 is 0 Å². The molecule has 0 bridgehead atoms. The first-order chi connectivity index (χ1) is 8.95. The maximum absolute atomic E-state index is 10.9. The van der Waals surface area contributed by atoms with Crippen molar-refractivity contribution in [2.24, 2.45) is 0 Å². The van der Waals surface area contributed by atoms with Gasteiger partial charge < -0.3 is 0 Å². The smallest absolute Gasteiger partial charge is 0.258 e. The third-order valence-corrected chi connectivity index (χ3v) is 3.40. The molecule has 0 aliphatic rings. The molecule has 7 heteroatoms. The van der Waals surface area contributed by atoms with E-state index in [0.717, 1.165) is 23.0 Å². The Bertz CT molecular complexity index is 629. The lowest BCUT2D eigenvalue weighted by atomic mass is 10.3. The number of hydrogen-bond donors (Lipinski definition) is 0. The Morgan fingerprint density at radius 2 is 2.00 bits per heavy atom. The van der Waals surface area contributed by atoms with Crippen LogP contribution in [-0.4, -0.2) is 14.9 Å². The Morgan fingerprint density at radius 3 is 2.63 bits per heavy atom. The summed E-state index contributed by atoms with van der Waals surface area (Å²) in [6, 6.07) is 6.53. The van der Waals surface area contributed by atoms with Gasteiger partial charge in [0.1, 0.15) is 10.2 Å². The molecule has 0 aliphatic heterocycles. The van der Waals surface area contributed by atoms with Gasteiger partial charge in [-0.1, -0.05) is 11.6 Å². The van der Waals surface area contributed by atoms with Gasteiger partial charge in [0, 0.05) is 11.8 Å². The van der Waals surface area contributed by atoms with Crippen molar-refractivity contribution in [1.82, 2.24) is 9.97 Å². The minimum atomic E-state index is -0.478. The summed E-state index contributed by atoms with van der Waals surface area (Å²) in [6.07, 6.45) is 0. The second-order valence-corrected chi connectivity index (χ2v) is 5.34. The molecule has 2 aromatic heterocycles. The van der Waals surface area contributed by atoms with E-state index in [9.17, 15) is 10.1 Å². The van der Waals surface area contributed by atoms with Crippen LogP contribution >= 0.6 is 23.4 Å². The van der Waals surface area contributed by atoms with Crippen molar-refractivity contribution in [1.29, 1.82) is 0 Å². The molecule has 0 radical (unpaired) electrons. The molecule has 2 heterocycles. The minimum Gasteiger partial charge on any atom is -0.258 e. The fraction of sp³-hybridized carbons (Fsp3) is 0.167. The van der Waals surface area contributed by atoms with Crippen LogP contribution in [0.4, 0.5) is 5.69 Å². The predicted octanol–water partition coefficient (Wildman–Crippen LogP) is 3.81. The number of nitrogens with zero attached hydrogens (tertiary/aromatic N) is 3. The van der Waals surface area contributed by atoms with Crippen LogP contribution in [0.15, 0.2) is 34.3 Å². The summed E-state index contributed by atoms with van der Waals surface area (Å²) in [4.78, 5) is 18.8. The van der Waals surface area contributed by atoms with E-state index in [4.69, 9.17) is 11.6 Å². The Kier molecular flexibility index (Phi) is 4.01. The van der Waals surface area contributed by atoms with E-state index in [1.807, 2.05) is 26.0 Å². The van der Waals surface area contributed by atoms with Gasteiger partial charge in [0.15, 0.2) is 5.03 Å². The normalized spacial score (nSPS) is 10.5. The molecule has 0 saturated carbocycles. The van der Waals surface area contributed by atoms with Gasteiger partial charge in [-0.05, 0) is 49.4 Å². The number of aromatic nitrogens is 2. The third kappa shape index (κ3) is 3.42. The van der Waals surface area contributed by atoms with Crippen molar-refractivity contribution < 1.29 is 4.92 Å². The van der Waals surface area contributed by atoms with Crippen LogP contribution in [0.3, 0.4) is 0 Å². The molecule has 2 aromatic rings. The van der Waals surface area contributed by atoms with Gasteiger partial charge in [0.25, 0.3) is 0 Å². The molecule has 19 heavy (non-hydrogen) atoms. The van der Waals surface area contributed by atoms with Gasteiger partial charge in [-0.2, -0.15) is 0 Å². The number of rotatable bonds is 3. The van der Waals surface area contributed by atoms with E-state index in [0.29, 0.717) is 5.03 Å². The summed E-state index contributed by atoms with van der Waals surface area (Å²) in [6.45, 7) is 3.81. The molecule has 0 spiro atoms. The highest BCUT2D eigenvalue weighted by atomic mass is 35.5. The van der Waals surface area contributed by atoms with Gasteiger partial charge >= 0.3 is 5.69 Å². The van der Waals surface area contributed by atoms with Crippen LogP contribution in [-0.2, 0) is 0 Å². The summed E-state index contributed by atoms with van der Waals surface area (Å²) in [5.74, 6) is 0. The van der Waals surface area contributed by atoms with Crippen LogP contribution < -0.4 is 0 Å². The summed E-state index contributed by atoms with van der Waals surface area (Å²) in [7, 11) is 0. The minimum absolute atomic E-state index is 0.0737. The Labute approximate surface area is 119 Å². The van der Waals surface area contributed by atoms with Crippen molar-refractivity contribution in [2.75, 3.05) is 0 Å². The molecule has 0 atom stereocenters. The zero-order valence-electron chi connectivity index (χ0n) is 10.3. The van der Waals surface area contributed by atoms with Gasteiger partial charge in [-0.25, -0.2) is 9.97 Å². The quantitative estimate of drug-likeness (QED) is 0.489. The molecular weight excluding hydrogens is 286 g/mol. The lowest BCUT2D eigenvalue weighted by molar-refractivity contribution is -0.388. The largest absolute Gasteiger partial charge is 0.301 e. The van der Waals surface area contributed by atoms with Crippen LogP contribution in [0.5, 0.6) is 0 Å². The fourth-order valence-corrected chi connectivity index (χ4v) is 2.80. The average Bonchev–Trinajstić information content (AvgIpc) is 2.26. The van der Waals surface area contributed by atoms with Crippen LogP contribution in [0, 0.1) is 24.0 Å². The van der Waals surface area contributed by atoms with E-state index in [1.165, 1.54) is 12.1 Å². The van der Waals surface area contributed by atoms with Crippen molar-refractivity contribution in [2.45, 2.75) is 23.9 Å². The predicted molar refractivity (Wildman–Crippen MR) is 73.7 cm³/mol. The molecule has 0 aliphatic carbocycles. The standard InChI is InChI=1S/C12H10ClN3O2S/c1-7-5-8(2)14-11(6-7)19-12-9(16(17)18)3-4-10(13)15-12/h3-6H,1-2H3. The highest BCUT2D eigenvalue weighted by Crippen LogP contribution is 2.33. The zero-order chi connectivity index (χ0) is 14.0. The number of pyridine rings is 2. The first-order valence-electron chi connectivity index (χ1n) is 5.40. The summed E-state index contributed by atoms with van der Waals surface area (Å²) in [5, 5.41) is 12.1.